The van der Waals surface area contributed by atoms with E-state index < -0.39 is 0 Å². The van der Waals surface area contributed by atoms with Gasteiger partial charge in [-0.3, -0.25) is 0 Å². The smallest absolute Gasteiger partial charge is 0.182 e. The van der Waals surface area contributed by atoms with E-state index in [1.807, 2.05) is 7.05 Å². The molecule has 3 N–H and O–H groups in total. The van der Waals surface area contributed by atoms with Crippen LogP contribution in [0.2, 0.25) is 0 Å². The lowest BCUT2D eigenvalue weighted by atomic mass is 10.2. The third-order valence-electron chi connectivity index (χ3n) is 2.39. The highest BCUT2D eigenvalue weighted by Crippen LogP contribution is 2.14. The van der Waals surface area contributed by atoms with Crippen LogP contribution in [-0.2, 0) is 0 Å². The number of H-pyrrole nitrogens is 1. The summed E-state index contributed by atoms with van der Waals surface area (Å²) in [6.07, 6.45) is 3.15. The first kappa shape index (κ1) is 10.8. The maximum atomic E-state index is 4.20. The number of nitrogens with zero attached hydrogens (tertiary/aromatic N) is 3. The van der Waals surface area contributed by atoms with Crippen molar-refractivity contribution >= 4 is 17.0 Å². The Labute approximate surface area is 93.9 Å². The number of imidazole rings is 1. The number of hydrogen-bond donors (Lipinski definition) is 3. The SMILES string of the molecule is CNCC(C)CNc1ncnc2nc[nH]c12. The van der Waals surface area contributed by atoms with Crippen LogP contribution < -0.4 is 10.6 Å². The lowest BCUT2D eigenvalue weighted by molar-refractivity contribution is 0.569. The fraction of sp³-hybridized carbons (Fsp3) is 0.500. The molecule has 0 aliphatic carbocycles. The Bertz CT molecular complexity index is 451. The minimum Gasteiger partial charge on any atom is -0.368 e. The quantitative estimate of drug-likeness (QED) is 0.688. The monoisotopic (exact) mass is 220 g/mol. The van der Waals surface area contributed by atoms with Crippen molar-refractivity contribution in [3.63, 3.8) is 0 Å². The average Bonchev–Trinajstić information content (AvgIpc) is 2.75. The van der Waals surface area contributed by atoms with Crippen LogP contribution in [0.25, 0.3) is 11.2 Å². The molecule has 0 bridgehead atoms. The summed E-state index contributed by atoms with van der Waals surface area (Å²) in [5.41, 5.74) is 1.55. The van der Waals surface area contributed by atoms with Gasteiger partial charge in [-0.05, 0) is 19.5 Å². The highest BCUT2D eigenvalue weighted by atomic mass is 15.1. The lowest BCUT2D eigenvalue weighted by Crippen LogP contribution is -2.23. The van der Waals surface area contributed by atoms with E-state index in [0.717, 1.165) is 24.4 Å². The molecule has 0 aromatic carbocycles. The second-order valence-electron chi connectivity index (χ2n) is 3.87. The van der Waals surface area contributed by atoms with Crippen LogP contribution in [0.15, 0.2) is 12.7 Å². The fourth-order valence-corrected chi connectivity index (χ4v) is 1.59. The van der Waals surface area contributed by atoms with Gasteiger partial charge >= 0.3 is 0 Å². The summed E-state index contributed by atoms with van der Waals surface area (Å²) < 4.78 is 0. The molecule has 6 nitrogen and oxygen atoms in total. The number of rotatable bonds is 5. The van der Waals surface area contributed by atoms with Gasteiger partial charge in [0, 0.05) is 6.54 Å². The van der Waals surface area contributed by atoms with E-state index in [4.69, 9.17) is 0 Å². The molecule has 0 amide bonds. The van der Waals surface area contributed by atoms with Gasteiger partial charge in [-0.25, -0.2) is 15.0 Å². The molecule has 16 heavy (non-hydrogen) atoms. The van der Waals surface area contributed by atoms with Crippen LogP contribution in [0.3, 0.4) is 0 Å². The first-order valence-electron chi connectivity index (χ1n) is 5.34. The first-order valence-corrected chi connectivity index (χ1v) is 5.34. The molecule has 86 valence electrons. The van der Waals surface area contributed by atoms with Crippen molar-refractivity contribution < 1.29 is 0 Å². The Morgan fingerprint density at radius 2 is 2.19 bits per heavy atom. The van der Waals surface area contributed by atoms with Gasteiger partial charge in [0.05, 0.1) is 6.33 Å². The lowest BCUT2D eigenvalue weighted by Gasteiger charge is -2.12. The molecular formula is C10H16N6. The Morgan fingerprint density at radius 3 is 3.00 bits per heavy atom. The van der Waals surface area contributed by atoms with Crippen LogP contribution in [-0.4, -0.2) is 40.1 Å². The van der Waals surface area contributed by atoms with Crippen molar-refractivity contribution in [2.24, 2.45) is 5.92 Å². The van der Waals surface area contributed by atoms with Gasteiger partial charge in [0.25, 0.3) is 0 Å². The van der Waals surface area contributed by atoms with E-state index in [9.17, 15) is 0 Å². The number of nitrogens with one attached hydrogen (secondary N) is 3. The molecule has 0 saturated carbocycles. The molecule has 6 heteroatoms. The van der Waals surface area contributed by atoms with Gasteiger partial charge in [0.2, 0.25) is 0 Å². The molecule has 2 aromatic heterocycles. The molecule has 1 unspecified atom stereocenters. The molecule has 1 atom stereocenters. The Hall–Kier alpha value is -1.69. The average molecular weight is 220 g/mol. The van der Waals surface area contributed by atoms with Crippen molar-refractivity contribution in [3.8, 4) is 0 Å². The number of aromatic nitrogens is 4. The van der Waals surface area contributed by atoms with Gasteiger partial charge in [-0.15, -0.1) is 0 Å². The van der Waals surface area contributed by atoms with Crippen molar-refractivity contribution in [2.75, 3.05) is 25.5 Å². The van der Waals surface area contributed by atoms with Crippen LogP contribution >= 0.6 is 0 Å². The maximum Gasteiger partial charge on any atom is 0.182 e. The topological polar surface area (TPSA) is 78.5 Å². The van der Waals surface area contributed by atoms with E-state index in [1.165, 1.54) is 6.33 Å². The predicted molar refractivity (Wildman–Crippen MR) is 63.3 cm³/mol. The van der Waals surface area contributed by atoms with Crippen LogP contribution in [0.1, 0.15) is 6.92 Å². The van der Waals surface area contributed by atoms with E-state index in [2.05, 4.69) is 37.5 Å². The maximum absolute atomic E-state index is 4.20. The van der Waals surface area contributed by atoms with Crippen molar-refractivity contribution in [1.29, 1.82) is 0 Å². The van der Waals surface area contributed by atoms with Crippen LogP contribution in [0, 0.1) is 5.92 Å². The normalized spacial score (nSPS) is 12.9. The number of anilines is 1. The zero-order valence-corrected chi connectivity index (χ0v) is 9.49. The molecule has 0 fully saturated rings. The van der Waals surface area contributed by atoms with Gasteiger partial charge in [0.15, 0.2) is 11.5 Å². The van der Waals surface area contributed by atoms with Gasteiger partial charge in [-0.1, -0.05) is 6.92 Å². The van der Waals surface area contributed by atoms with E-state index in [0.29, 0.717) is 11.6 Å². The minimum absolute atomic E-state index is 0.540. The number of hydrogen-bond acceptors (Lipinski definition) is 5. The fourth-order valence-electron chi connectivity index (χ4n) is 1.59. The molecule has 2 aromatic rings. The summed E-state index contributed by atoms with van der Waals surface area (Å²) in [4.78, 5) is 15.4. The summed E-state index contributed by atoms with van der Waals surface area (Å²) in [7, 11) is 1.95. The second-order valence-corrected chi connectivity index (χ2v) is 3.87. The summed E-state index contributed by atoms with van der Waals surface area (Å²) in [5, 5.41) is 6.44. The Balaban J connectivity index is 2.06. The third kappa shape index (κ3) is 2.27. The Kier molecular flexibility index (Phi) is 3.31. The van der Waals surface area contributed by atoms with Gasteiger partial charge in [-0.2, -0.15) is 0 Å². The molecule has 0 radical (unpaired) electrons. The van der Waals surface area contributed by atoms with E-state index in [1.54, 1.807) is 6.33 Å². The summed E-state index contributed by atoms with van der Waals surface area (Å²) >= 11 is 0. The molecule has 0 aliphatic heterocycles. The molecule has 2 rings (SSSR count). The van der Waals surface area contributed by atoms with Crippen LogP contribution in [0.4, 0.5) is 5.82 Å². The molecule has 0 saturated heterocycles. The zero-order chi connectivity index (χ0) is 11.4. The largest absolute Gasteiger partial charge is 0.368 e. The van der Waals surface area contributed by atoms with Gasteiger partial charge in [0.1, 0.15) is 11.8 Å². The molecular weight excluding hydrogens is 204 g/mol. The number of fused-ring (bicyclic) bond motifs is 1. The van der Waals surface area contributed by atoms with E-state index in [-0.39, 0.29) is 0 Å². The number of aromatic amines is 1. The summed E-state index contributed by atoms with van der Waals surface area (Å²) in [6, 6.07) is 0. The first-order chi connectivity index (χ1) is 7.81. The van der Waals surface area contributed by atoms with Crippen LogP contribution in [0.5, 0.6) is 0 Å². The van der Waals surface area contributed by atoms with Gasteiger partial charge < -0.3 is 15.6 Å². The summed E-state index contributed by atoms with van der Waals surface area (Å²) in [5.74, 6) is 1.35. The highest BCUT2D eigenvalue weighted by Gasteiger charge is 2.06. The summed E-state index contributed by atoms with van der Waals surface area (Å²) in [6.45, 7) is 4.02. The predicted octanol–water partition coefficient (Wildman–Crippen LogP) is 0.620. The zero-order valence-electron chi connectivity index (χ0n) is 9.49. The van der Waals surface area contributed by atoms with Crippen molar-refractivity contribution in [2.45, 2.75) is 6.92 Å². The van der Waals surface area contributed by atoms with Crippen molar-refractivity contribution in [3.05, 3.63) is 12.7 Å². The van der Waals surface area contributed by atoms with Crippen molar-refractivity contribution in [1.82, 2.24) is 25.3 Å². The molecule has 0 aliphatic rings. The minimum atomic E-state index is 0.540. The molecule has 2 heterocycles. The second kappa shape index (κ2) is 4.89. The molecule has 0 spiro atoms. The van der Waals surface area contributed by atoms with E-state index >= 15 is 0 Å². The standard InChI is InChI=1S/C10H16N6/c1-7(3-11-2)4-12-9-8-10(14-5-13-8)16-6-15-9/h5-7,11H,3-4H2,1-2H3,(H2,12,13,14,15,16). The third-order valence-corrected chi connectivity index (χ3v) is 2.39. The Morgan fingerprint density at radius 1 is 1.31 bits per heavy atom. The highest BCUT2D eigenvalue weighted by molar-refractivity contribution is 5.81.